The van der Waals surface area contributed by atoms with Crippen LogP contribution in [0.15, 0.2) is 55.1 Å². The lowest BCUT2D eigenvalue weighted by atomic mass is 9.87. The molecule has 1 aromatic carbocycles. The number of anilines is 4. The lowest BCUT2D eigenvalue weighted by Gasteiger charge is -2.27. The molecule has 2 aromatic heterocycles. The van der Waals surface area contributed by atoms with Crippen LogP contribution in [0.25, 0.3) is 0 Å². The Labute approximate surface area is 215 Å². The number of carbonyl (C=O) groups excluding carboxylic acids is 3. The molecule has 0 atom stereocenters. The minimum atomic E-state index is -1.07. The molecule has 4 amide bonds. The molecule has 190 valence electrons. The van der Waals surface area contributed by atoms with E-state index in [0.717, 1.165) is 16.8 Å². The predicted octanol–water partition coefficient (Wildman–Crippen LogP) is 4.01. The van der Waals surface area contributed by atoms with Crippen molar-refractivity contribution in [3.63, 3.8) is 0 Å². The average Bonchev–Trinajstić information content (AvgIpc) is 3.22. The average molecular weight is 500 g/mol. The van der Waals surface area contributed by atoms with Crippen LogP contribution in [-0.2, 0) is 21.5 Å². The largest absolute Gasteiger partial charge is 0.332 e. The van der Waals surface area contributed by atoms with Gasteiger partial charge in [-0.05, 0) is 55.3 Å². The molecule has 0 unspecified atom stereocenters. The van der Waals surface area contributed by atoms with Crippen LogP contribution < -0.4 is 15.1 Å². The smallest absolute Gasteiger partial charge is 0.325 e. The number of hydrogen-bond acceptors (Lipinski definition) is 7. The van der Waals surface area contributed by atoms with Gasteiger partial charge in [-0.2, -0.15) is 0 Å². The Morgan fingerprint density at radius 3 is 2.49 bits per heavy atom. The van der Waals surface area contributed by atoms with E-state index in [-0.39, 0.29) is 23.8 Å². The summed E-state index contributed by atoms with van der Waals surface area (Å²) in [5.74, 6) is 0.763. The molecule has 0 spiro atoms. The molecule has 0 radical (unpaired) electrons. The third-order valence-electron chi connectivity index (χ3n) is 7.02. The quantitative estimate of drug-likeness (QED) is 0.528. The first-order valence-corrected chi connectivity index (χ1v) is 12.1. The Balaban J connectivity index is 1.43. The van der Waals surface area contributed by atoms with Gasteiger partial charge >= 0.3 is 6.03 Å². The highest BCUT2D eigenvalue weighted by Gasteiger charge is 2.52. The van der Waals surface area contributed by atoms with Crippen LogP contribution in [0.3, 0.4) is 0 Å². The summed E-state index contributed by atoms with van der Waals surface area (Å²) in [6.07, 6.45) is 4.71. The van der Waals surface area contributed by atoms with E-state index in [9.17, 15) is 14.4 Å². The van der Waals surface area contributed by atoms with Gasteiger partial charge < -0.3 is 15.1 Å². The molecule has 0 aliphatic carbocycles. The maximum Gasteiger partial charge on any atom is 0.332 e. The number of fused-ring (bicyclic) bond motifs is 1. The third kappa shape index (κ3) is 4.18. The fourth-order valence-electron chi connectivity index (χ4n) is 4.95. The van der Waals surface area contributed by atoms with E-state index >= 15 is 0 Å². The van der Waals surface area contributed by atoms with E-state index in [1.54, 1.807) is 54.2 Å². The van der Waals surface area contributed by atoms with E-state index in [0.29, 0.717) is 23.9 Å². The highest BCUT2D eigenvalue weighted by atomic mass is 16.2. The van der Waals surface area contributed by atoms with Crippen LogP contribution in [0, 0.1) is 0 Å². The first kappa shape index (κ1) is 24.4. The summed E-state index contributed by atoms with van der Waals surface area (Å²) in [7, 11) is 0. The minimum Gasteiger partial charge on any atom is -0.325 e. The molecule has 5 rings (SSSR count). The Morgan fingerprint density at radius 1 is 1.00 bits per heavy atom. The van der Waals surface area contributed by atoms with Gasteiger partial charge in [-0.15, -0.1) is 0 Å². The summed E-state index contributed by atoms with van der Waals surface area (Å²) in [6, 6.07) is 10.4. The lowest BCUT2D eigenvalue weighted by molar-refractivity contribution is -0.123. The monoisotopic (exact) mass is 499 g/mol. The zero-order valence-corrected chi connectivity index (χ0v) is 21.5. The van der Waals surface area contributed by atoms with E-state index in [1.807, 2.05) is 18.2 Å². The number of urea groups is 1. The van der Waals surface area contributed by atoms with Crippen LogP contribution in [0.1, 0.15) is 45.7 Å². The SMILES string of the molecule is CC(=O)N1CC(C)(C)c2ccc(N3C(=O)N(Cc4ccnc(Nc5ccncn5)c4)C(C)(C)C3=O)cc21. The summed E-state index contributed by atoms with van der Waals surface area (Å²) in [6.45, 7) is 9.93. The van der Waals surface area contributed by atoms with Crippen molar-refractivity contribution in [3.8, 4) is 0 Å². The molecule has 1 saturated heterocycles. The van der Waals surface area contributed by atoms with Crippen molar-refractivity contribution in [2.24, 2.45) is 0 Å². The summed E-state index contributed by atoms with van der Waals surface area (Å²) in [4.78, 5) is 56.3. The summed E-state index contributed by atoms with van der Waals surface area (Å²) in [5.41, 5.74) is 1.72. The minimum absolute atomic E-state index is 0.0749. The molecule has 2 aliphatic rings. The third-order valence-corrected chi connectivity index (χ3v) is 7.02. The van der Waals surface area contributed by atoms with Gasteiger partial charge in [0.25, 0.3) is 5.91 Å². The molecule has 2 aliphatic heterocycles. The number of imide groups is 1. The van der Waals surface area contributed by atoms with Gasteiger partial charge in [-0.3, -0.25) is 9.59 Å². The second-order valence-corrected chi connectivity index (χ2v) is 10.5. The Bertz CT molecular complexity index is 1400. The van der Waals surface area contributed by atoms with Gasteiger partial charge in [-0.25, -0.2) is 24.6 Å². The molecular formula is C27H29N7O3. The molecule has 4 heterocycles. The zero-order chi connectivity index (χ0) is 26.5. The Morgan fingerprint density at radius 2 is 1.78 bits per heavy atom. The van der Waals surface area contributed by atoms with Crippen molar-refractivity contribution in [1.82, 2.24) is 19.9 Å². The van der Waals surface area contributed by atoms with Crippen LogP contribution in [-0.4, -0.2) is 49.8 Å². The first-order chi connectivity index (χ1) is 17.5. The van der Waals surface area contributed by atoms with Crippen LogP contribution in [0.2, 0.25) is 0 Å². The molecular weight excluding hydrogens is 470 g/mol. The predicted molar refractivity (Wildman–Crippen MR) is 140 cm³/mol. The maximum absolute atomic E-state index is 13.7. The molecule has 37 heavy (non-hydrogen) atoms. The van der Waals surface area contributed by atoms with E-state index in [1.165, 1.54) is 18.2 Å². The number of pyridine rings is 1. The van der Waals surface area contributed by atoms with Crippen molar-refractivity contribution < 1.29 is 14.4 Å². The fourth-order valence-corrected chi connectivity index (χ4v) is 4.95. The van der Waals surface area contributed by atoms with E-state index in [4.69, 9.17) is 0 Å². The molecule has 1 fully saturated rings. The molecule has 3 aromatic rings. The molecule has 10 heteroatoms. The van der Waals surface area contributed by atoms with Gasteiger partial charge in [0.2, 0.25) is 5.91 Å². The number of benzene rings is 1. The van der Waals surface area contributed by atoms with Crippen molar-refractivity contribution in [3.05, 3.63) is 66.2 Å². The molecule has 10 nitrogen and oxygen atoms in total. The van der Waals surface area contributed by atoms with Gasteiger partial charge in [0, 0.05) is 43.5 Å². The number of nitrogens with one attached hydrogen (secondary N) is 1. The van der Waals surface area contributed by atoms with Gasteiger partial charge in [-0.1, -0.05) is 19.9 Å². The van der Waals surface area contributed by atoms with E-state index in [2.05, 4.69) is 34.1 Å². The normalized spacial score (nSPS) is 17.8. The standard InChI is InChI=1S/C27H29N7O3/c1-17(35)32-15-26(2,3)20-7-6-19(13-21(20)32)34-24(36)27(4,5)33(25(34)37)14-18-8-11-29-23(12-18)31-22-9-10-28-16-30-22/h6-13,16H,14-15H2,1-5H3,(H,28,29,30,31). The first-order valence-electron chi connectivity index (χ1n) is 12.1. The summed E-state index contributed by atoms with van der Waals surface area (Å²) in [5, 5.41) is 3.11. The van der Waals surface area contributed by atoms with Crippen LogP contribution in [0.5, 0.6) is 0 Å². The van der Waals surface area contributed by atoms with Crippen LogP contribution in [0.4, 0.5) is 27.8 Å². The van der Waals surface area contributed by atoms with Crippen molar-refractivity contribution in [2.75, 3.05) is 21.7 Å². The van der Waals surface area contributed by atoms with Gasteiger partial charge in [0.05, 0.1) is 5.69 Å². The van der Waals surface area contributed by atoms with Gasteiger partial charge in [0.1, 0.15) is 23.5 Å². The highest BCUT2D eigenvalue weighted by molar-refractivity contribution is 6.23. The summed E-state index contributed by atoms with van der Waals surface area (Å²) < 4.78 is 0. The number of nitrogens with zero attached hydrogens (tertiary/aromatic N) is 6. The molecule has 0 saturated carbocycles. The second kappa shape index (κ2) is 8.65. The number of hydrogen-bond donors (Lipinski definition) is 1. The second-order valence-electron chi connectivity index (χ2n) is 10.5. The molecule has 0 bridgehead atoms. The Kier molecular flexibility index (Phi) is 5.69. The molecule has 1 N–H and O–H groups in total. The zero-order valence-electron chi connectivity index (χ0n) is 21.5. The maximum atomic E-state index is 13.7. The van der Waals surface area contributed by atoms with E-state index < -0.39 is 11.6 Å². The number of amides is 4. The van der Waals surface area contributed by atoms with Crippen LogP contribution >= 0.6 is 0 Å². The lowest BCUT2D eigenvalue weighted by Crippen LogP contribution is -2.43. The van der Waals surface area contributed by atoms with Crippen molar-refractivity contribution >= 4 is 40.9 Å². The van der Waals surface area contributed by atoms with Crippen molar-refractivity contribution in [1.29, 1.82) is 0 Å². The number of rotatable bonds is 5. The highest BCUT2D eigenvalue weighted by Crippen LogP contribution is 2.44. The number of carbonyl (C=O) groups is 3. The number of aromatic nitrogens is 3. The van der Waals surface area contributed by atoms with Crippen molar-refractivity contribution in [2.45, 2.75) is 52.1 Å². The topological polar surface area (TPSA) is 112 Å². The Hall–Kier alpha value is -4.34. The fraction of sp³-hybridized carbons (Fsp3) is 0.333. The van der Waals surface area contributed by atoms with Gasteiger partial charge in [0.15, 0.2) is 0 Å². The summed E-state index contributed by atoms with van der Waals surface area (Å²) >= 11 is 0.